The summed E-state index contributed by atoms with van der Waals surface area (Å²) < 4.78 is 5.75. The number of piperidine rings is 1. The van der Waals surface area contributed by atoms with Gasteiger partial charge in [0.25, 0.3) is 0 Å². The molecule has 0 saturated carbocycles. The lowest BCUT2D eigenvalue weighted by atomic mass is 9.99. The summed E-state index contributed by atoms with van der Waals surface area (Å²) in [5.74, 6) is 0.382. The second-order valence-electron chi connectivity index (χ2n) is 7.17. The Morgan fingerprint density at radius 3 is 2.54 bits per heavy atom. The maximum Gasteiger partial charge on any atom is 0.233 e. The molecule has 2 aromatic rings. The molecule has 5 nitrogen and oxygen atoms in total. The van der Waals surface area contributed by atoms with Gasteiger partial charge >= 0.3 is 0 Å². The maximum atomic E-state index is 12.5. The Kier molecular flexibility index (Phi) is 7.06. The van der Waals surface area contributed by atoms with Crippen LogP contribution in [0.15, 0.2) is 54.6 Å². The van der Waals surface area contributed by atoms with Gasteiger partial charge in [-0.3, -0.25) is 9.59 Å². The van der Waals surface area contributed by atoms with E-state index in [-0.39, 0.29) is 24.3 Å². The summed E-state index contributed by atoms with van der Waals surface area (Å²) in [5.41, 5.74) is 1.76. The molecule has 1 aliphatic heterocycles. The zero-order valence-electron chi connectivity index (χ0n) is 16.4. The lowest BCUT2D eigenvalue weighted by molar-refractivity contribution is -0.137. The Morgan fingerprint density at radius 2 is 1.82 bits per heavy atom. The number of rotatable bonds is 7. The van der Waals surface area contributed by atoms with Crippen molar-refractivity contribution in [1.82, 2.24) is 4.90 Å². The van der Waals surface area contributed by atoms with Crippen LogP contribution in [0.2, 0.25) is 0 Å². The quantitative estimate of drug-likeness (QED) is 0.725. The van der Waals surface area contributed by atoms with Gasteiger partial charge in [0.2, 0.25) is 11.8 Å². The first-order valence-corrected chi connectivity index (χ1v) is 10.0. The van der Waals surface area contributed by atoms with Crippen molar-refractivity contribution in [1.29, 1.82) is 0 Å². The van der Waals surface area contributed by atoms with Crippen LogP contribution in [-0.2, 0) is 16.2 Å². The number of carbonyl (C=O) groups is 2. The number of nitrogens with one attached hydrogen (secondary N) is 1. The molecule has 1 N–H and O–H groups in total. The summed E-state index contributed by atoms with van der Waals surface area (Å²) >= 11 is 0. The number of likely N-dealkylation sites (tertiary alicyclic amines) is 1. The molecule has 1 aliphatic rings. The van der Waals surface area contributed by atoms with Crippen molar-refractivity contribution in [2.24, 2.45) is 0 Å². The van der Waals surface area contributed by atoms with Gasteiger partial charge < -0.3 is 15.0 Å². The molecular formula is C23H28N2O3. The van der Waals surface area contributed by atoms with Gasteiger partial charge in [0.05, 0.1) is 0 Å². The fourth-order valence-corrected chi connectivity index (χ4v) is 3.57. The molecule has 1 unspecified atom stereocenters. The molecule has 5 heteroatoms. The third kappa shape index (κ3) is 5.59. The van der Waals surface area contributed by atoms with E-state index in [4.69, 9.17) is 4.74 Å². The highest BCUT2D eigenvalue weighted by Crippen LogP contribution is 2.21. The summed E-state index contributed by atoms with van der Waals surface area (Å²) in [4.78, 5) is 26.6. The van der Waals surface area contributed by atoms with E-state index in [9.17, 15) is 9.59 Å². The second-order valence-corrected chi connectivity index (χ2v) is 7.17. The summed E-state index contributed by atoms with van der Waals surface area (Å²) in [7, 11) is 0. The predicted octanol–water partition coefficient (Wildman–Crippen LogP) is 4.39. The largest absolute Gasteiger partial charge is 0.489 e. The van der Waals surface area contributed by atoms with Crippen LogP contribution in [0.3, 0.4) is 0 Å². The zero-order valence-corrected chi connectivity index (χ0v) is 16.4. The van der Waals surface area contributed by atoms with E-state index in [1.54, 1.807) is 12.1 Å². The number of amides is 2. The molecule has 148 valence electrons. The SMILES string of the molecule is CCC1CCCCN1C(=O)CC(=O)Nc1ccc(OCc2ccccc2)cc1. The van der Waals surface area contributed by atoms with Crippen molar-refractivity contribution in [3.05, 3.63) is 60.2 Å². The van der Waals surface area contributed by atoms with Gasteiger partial charge in [0.15, 0.2) is 0 Å². The highest BCUT2D eigenvalue weighted by atomic mass is 16.5. The van der Waals surface area contributed by atoms with Crippen LogP contribution in [0.5, 0.6) is 5.75 Å². The number of hydrogen-bond donors (Lipinski definition) is 1. The summed E-state index contributed by atoms with van der Waals surface area (Å²) in [6.07, 6.45) is 4.05. The first-order valence-electron chi connectivity index (χ1n) is 10.0. The summed E-state index contributed by atoms with van der Waals surface area (Å²) in [6.45, 7) is 3.35. The number of anilines is 1. The molecule has 1 fully saturated rings. The number of benzene rings is 2. The van der Waals surface area contributed by atoms with Gasteiger partial charge in [-0.15, -0.1) is 0 Å². The van der Waals surface area contributed by atoms with Crippen molar-refractivity contribution in [2.75, 3.05) is 11.9 Å². The van der Waals surface area contributed by atoms with Gasteiger partial charge in [-0.05, 0) is 55.5 Å². The third-order valence-electron chi connectivity index (χ3n) is 5.12. The summed E-state index contributed by atoms with van der Waals surface area (Å²) in [6, 6.07) is 17.4. The molecule has 0 bridgehead atoms. The van der Waals surface area contributed by atoms with Gasteiger partial charge in [0.1, 0.15) is 18.8 Å². The van der Waals surface area contributed by atoms with Crippen LogP contribution in [0.4, 0.5) is 5.69 Å². The minimum Gasteiger partial charge on any atom is -0.489 e. The van der Waals surface area contributed by atoms with Gasteiger partial charge in [-0.1, -0.05) is 37.3 Å². The van der Waals surface area contributed by atoms with Crippen LogP contribution in [-0.4, -0.2) is 29.3 Å². The van der Waals surface area contributed by atoms with Crippen molar-refractivity contribution < 1.29 is 14.3 Å². The van der Waals surface area contributed by atoms with Gasteiger partial charge in [-0.25, -0.2) is 0 Å². The first-order chi connectivity index (χ1) is 13.7. The lowest BCUT2D eigenvalue weighted by Gasteiger charge is -2.35. The average Bonchev–Trinajstić information content (AvgIpc) is 2.74. The van der Waals surface area contributed by atoms with E-state index in [2.05, 4.69) is 12.2 Å². The molecule has 1 atom stereocenters. The zero-order chi connectivity index (χ0) is 19.8. The second kappa shape index (κ2) is 9.93. The predicted molar refractivity (Wildman–Crippen MR) is 110 cm³/mol. The fourth-order valence-electron chi connectivity index (χ4n) is 3.57. The lowest BCUT2D eigenvalue weighted by Crippen LogP contribution is -2.44. The van der Waals surface area contributed by atoms with E-state index < -0.39 is 0 Å². The van der Waals surface area contributed by atoms with Gasteiger partial charge in [-0.2, -0.15) is 0 Å². The third-order valence-corrected chi connectivity index (χ3v) is 5.12. The van der Waals surface area contributed by atoms with Crippen molar-refractivity contribution >= 4 is 17.5 Å². The fraction of sp³-hybridized carbons (Fsp3) is 0.391. The molecule has 3 rings (SSSR count). The Labute approximate surface area is 166 Å². The normalized spacial score (nSPS) is 16.5. The molecule has 0 aliphatic carbocycles. The van der Waals surface area contributed by atoms with Crippen LogP contribution in [0.1, 0.15) is 44.6 Å². The Balaban J connectivity index is 1.48. The average molecular weight is 380 g/mol. The Hall–Kier alpha value is -2.82. The van der Waals surface area contributed by atoms with Crippen LogP contribution < -0.4 is 10.1 Å². The van der Waals surface area contributed by atoms with Crippen molar-refractivity contribution in [2.45, 2.75) is 51.7 Å². The van der Waals surface area contributed by atoms with E-state index in [0.29, 0.717) is 12.3 Å². The Morgan fingerprint density at radius 1 is 1.07 bits per heavy atom. The van der Waals surface area contributed by atoms with E-state index in [0.717, 1.165) is 43.5 Å². The summed E-state index contributed by atoms with van der Waals surface area (Å²) in [5, 5.41) is 2.80. The minimum absolute atomic E-state index is 0.0770. The molecule has 1 saturated heterocycles. The highest BCUT2D eigenvalue weighted by molar-refractivity contribution is 6.03. The number of carbonyl (C=O) groups excluding carboxylic acids is 2. The molecule has 0 radical (unpaired) electrons. The molecular weight excluding hydrogens is 352 g/mol. The molecule has 0 spiro atoms. The topological polar surface area (TPSA) is 58.6 Å². The van der Waals surface area contributed by atoms with Crippen molar-refractivity contribution in [3.8, 4) is 5.75 Å². The van der Waals surface area contributed by atoms with Crippen LogP contribution in [0.25, 0.3) is 0 Å². The van der Waals surface area contributed by atoms with E-state index in [1.165, 1.54) is 0 Å². The maximum absolute atomic E-state index is 12.5. The monoisotopic (exact) mass is 380 g/mol. The van der Waals surface area contributed by atoms with E-state index >= 15 is 0 Å². The van der Waals surface area contributed by atoms with Crippen LogP contribution in [0, 0.1) is 0 Å². The van der Waals surface area contributed by atoms with Gasteiger partial charge in [0, 0.05) is 18.3 Å². The number of hydrogen-bond acceptors (Lipinski definition) is 3. The first kappa shape index (κ1) is 19.9. The van der Waals surface area contributed by atoms with Crippen molar-refractivity contribution in [3.63, 3.8) is 0 Å². The van der Waals surface area contributed by atoms with Crippen LogP contribution >= 0.6 is 0 Å². The number of ether oxygens (including phenoxy) is 1. The highest BCUT2D eigenvalue weighted by Gasteiger charge is 2.26. The Bertz CT molecular complexity index is 774. The molecule has 2 amide bonds. The number of nitrogens with zero attached hydrogens (tertiary/aromatic N) is 1. The standard InChI is InChI=1S/C23H28N2O3/c1-2-20-10-6-7-15-25(20)23(27)16-22(26)24-19-11-13-21(14-12-19)28-17-18-8-4-3-5-9-18/h3-5,8-9,11-14,20H,2,6-7,10,15-17H2,1H3,(H,24,26). The smallest absolute Gasteiger partial charge is 0.233 e. The minimum atomic E-state index is -0.275. The molecule has 0 aromatic heterocycles. The molecule has 1 heterocycles. The molecule has 2 aromatic carbocycles. The molecule has 28 heavy (non-hydrogen) atoms. The van der Waals surface area contributed by atoms with E-state index in [1.807, 2.05) is 47.4 Å².